The molecule has 3 aliphatic rings. The predicted molar refractivity (Wildman–Crippen MR) is 86.8 cm³/mol. The molecule has 7 heteroatoms. The molecule has 1 saturated carbocycles. The van der Waals surface area contributed by atoms with Gasteiger partial charge in [-0.1, -0.05) is 19.3 Å². The number of nitrogens with one attached hydrogen (secondary N) is 2. The molecule has 2 amide bonds. The third-order valence-electron chi connectivity index (χ3n) is 5.60. The number of hydrogen-bond acceptors (Lipinski definition) is 4. The SMILES string of the molecule is O=C1NC[C@]2(CCCN(C(=O)c3cn[nH]c3C3CCCCC3)C2)O1. The summed E-state index contributed by atoms with van der Waals surface area (Å²) in [6, 6.07) is 0. The van der Waals surface area contributed by atoms with E-state index in [0.29, 0.717) is 31.1 Å². The van der Waals surface area contributed by atoms with Crippen molar-refractivity contribution in [2.24, 2.45) is 0 Å². The molecule has 2 aliphatic heterocycles. The molecule has 1 spiro atoms. The van der Waals surface area contributed by atoms with Crippen LogP contribution in [-0.2, 0) is 4.74 Å². The molecule has 4 rings (SSSR count). The Morgan fingerprint density at radius 2 is 2.12 bits per heavy atom. The summed E-state index contributed by atoms with van der Waals surface area (Å²) in [7, 11) is 0. The van der Waals surface area contributed by atoms with E-state index in [1.54, 1.807) is 6.20 Å². The van der Waals surface area contributed by atoms with Gasteiger partial charge in [0.05, 0.1) is 30.5 Å². The highest BCUT2D eigenvalue weighted by molar-refractivity contribution is 5.95. The molecule has 0 aromatic carbocycles. The van der Waals surface area contributed by atoms with Crippen molar-refractivity contribution in [1.29, 1.82) is 0 Å². The Morgan fingerprint density at radius 1 is 1.29 bits per heavy atom. The molecule has 1 aromatic heterocycles. The van der Waals surface area contributed by atoms with Gasteiger partial charge in [0.1, 0.15) is 5.60 Å². The van der Waals surface area contributed by atoms with Crippen LogP contribution in [0.1, 0.15) is 66.9 Å². The second kappa shape index (κ2) is 6.11. The number of carbonyl (C=O) groups is 2. The summed E-state index contributed by atoms with van der Waals surface area (Å²) in [6.45, 7) is 1.64. The molecule has 0 unspecified atom stereocenters. The number of ether oxygens (including phenoxy) is 1. The Labute approximate surface area is 141 Å². The van der Waals surface area contributed by atoms with Crippen LogP contribution in [0.2, 0.25) is 0 Å². The number of rotatable bonds is 2. The lowest BCUT2D eigenvalue weighted by molar-refractivity contribution is -0.00510. The number of nitrogens with zero attached hydrogens (tertiary/aromatic N) is 2. The second-order valence-electron chi connectivity index (χ2n) is 7.29. The smallest absolute Gasteiger partial charge is 0.407 e. The average Bonchev–Trinajstić information content (AvgIpc) is 3.22. The fourth-order valence-electron chi connectivity index (χ4n) is 4.34. The number of alkyl carbamates (subject to hydrolysis) is 1. The molecular weight excluding hydrogens is 308 g/mol. The molecule has 2 saturated heterocycles. The monoisotopic (exact) mass is 332 g/mol. The molecule has 3 fully saturated rings. The number of amides is 2. The van der Waals surface area contributed by atoms with Gasteiger partial charge in [-0.15, -0.1) is 0 Å². The first-order valence-electron chi connectivity index (χ1n) is 8.96. The van der Waals surface area contributed by atoms with Crippen LogP contribution in [0, 0.1) is 0 Å². The molecule has 2 N–H and O–H groups in total. The number of aromatic nitrogens is 2. The highest BCUT2D eigenvalue weighted by Crippen LogP contribution is 2.34. The van der Waals surface area contributed by atoms with Gasteiger partial charge < -0.3 is 15.0 Å². The minimum absolute atomic E-state index is 0.00588. The van der Waals surface area contributed by atoms with Crippen molar-refractivity contribution in [2.75, 3.05) is 19.6 Å². The second-order valence-corrected chi connectivity index (χ2v) is 7.29. The molecular formula is C17H24N4O3. The van der Waals surface area contributed by atoms with Gasteiger partial charge in [-0.3, -0.25) is 9.89 Å². The van der Waals surface area contributed by atoms with Crippen molar-refractivity contribution in [1.82, 2.24) is 20.4 Å². The van der Waals surface area contributed by atoms with Gasteiger partial charge in [-0.2, -0.15) is 5.10 Å². The lowest BCUT2D eigenvalue weighted by Gasteiger charge is -2.38. The van der Waals surface area contributed by atoms with E-state index >= 15 is 0 Å². The fraction of sp³-hybridized carbons (Fsp3) is 0.706. The van der Waals surface area contributed by atoms with Crippen LogP contribution < -0.4 is 5.32 Å². The van der Waals surface area contributed by atoms with Crippen molar-refractivity contribution in [2.45, 2.75) is 56.5 Å². The lowest BCUT2D eigenvalue weighted by Crippen LogP contribution is -2.52. The Hall–Kier alpha value is -2.05. The van der Waals surface area contributed by atoms with E-state index in [1.807, 2.05) is 4.90 Å². The summed E-state index contributed by atoms with van der Waals surface area (Å²) >= 11 is 0. The molecule has 3 heterocycles. The molecule has 7 nitrogen and oxygen atoms in total. The van der Waals surface area contributed by atoms with Gasteiger partial charge in [0, 0.05) is 12.5 Å². The first-order chi connectivity index (χ1) is 11.7. The van der Waals surface area contributed by atoms with Crippen LogP contribution in [0.3, 0.4) is 0 Å². The third kappa shape index (κ3) is 2.76. The molecule has 1 aliphatic carbocycles. The lowest BCUT2D eigenvalue weighted by atomic mass is 9.85. The number of likely N-dealkylation sites (tertiary alicyclic amines) is 1. The summed E-state index contributed by atoms with van der Waals surface area (Å²) in [5, 5.41) is 9.93. The Morgan fingerprint density at radius 3 is 2.88 bits per heavy atom. The van der Waals surface area contributed by atoms with Crippen LogP contribution in [-0.4, -0.2) is 52.3 Å². The zero-order chi connectivity index (χ0) is 16.6. The van der Waals surface area contributed by atoms with Crippen LogP contribution in [0.15, 0.2) is 6.20 Å². The Bertz CT molecular complexity index is 638. The van der Waals surface area contributed by atoms with Crippen LogP contribution in [0.5, 0.6) is 0 Å². The standard InChI is InChI=1S/C17H24N4O3/c22-15(13-9-19-20-14(13)12-5-2-1-3-6-12)21-8-4-7-17(11-21)10-18-16(23)24-17/h9,12H,1-8,10-11H2,(H,18,23)(H,19,20)/t17-/m0/s1. The maximum Gasteiger partial charge on any atom is 0.407 e. The molecule has 130 valence electrons. The van der Waals surface area contributed by atoms with E-state index in [4.69, 9.17) is 4.74 Å². The van der Waals surface area contributed by atoms with E-state index in [1.165, 1.54) is 19.3 Å². The zero-order valence-electron chi connectivity index (χ0n) is 13.8. The largest absolute Gasteiger partial charge is 0.439 e. The van der Waals surface area contributed by atoms with Crippen molar-refractivity contribution in [3.8, 4) is 0 Å². The summed E-state index contributed by atoms with van der Waals surface area (Å²) in [6.07, 6.45) is 8.87. The molecule has 1 aromatic rings. The van der Waals surface area contributed by atoms with Crippen molar-refractivity contribution < 1.29 is 14.3 Å². The van der Waals surface area contributed by atoms with Crippen LogP contribution >= 0.6 is 0 Å². The van der Waals surface area contributed by atoms with Crippen molar-refractivity contribution in [3.05, 3.63) is 17.5 Å². The summed E-state index contributed by atoms with van der Waals surface area (Å²) in [5.74, 6) is 0.413. The van der Waals surface area contributed by atoms with E-state index in [9.17, 15) is 9.59 Å². The van der Waals surface area contributed by atoms with E-state index in [-0.39, 0.29) is 12.0 Å². The zero-order valence-corrected chi connectivity index (χ0v) is 13.8. The summed E-state index contributed by atoms with van der Waals surface area (Å²) in [5.41, 5.74) is 1.12. The molecule has 1 atom stereocenters. The average molecular weight is 332 g/mol. The van der Waals surface area contributed by atoms with Gasteiger partial charge >= 0.3 is 6.09 Å². The van der Waals surface area contributed by atoms with E-state index in [2.05, 4.69) is 15.5 Å². The van der Waals surface area contributed by atoms with Gasteiger partial charge in [0.25, 0.3) is 5.91 Å². The number of H-pyrrole nitrogens is 1. The van der Waals surface area contributed by atoms with Crippen molar-refractivity contribution in [3.63, 3.8) is 0 Å². The minimum atomic E-state index is -0.556. The number of aromatic amines is 1. The molecule has 0 radical (unpaired) electrons. The van der Waals surface area contributed by atoms with Crippen LogP contribution in [0.25, 0.3) is 0 Å². The van der Waals surface area contributed by atoms with Gasteiger partial charge in [0.15, 0.2) is 0 Å². The fourth-order valence-corrected chi connectivity index (χ4v) is 4.34. The van der Waals surface area contributed by atoms with Gasteiger partial charge in [-0.25, -0.2) is 4.79 Å². The number of piperidine rings is 1. The van der Waals surface area contributed by atoms with E-state index < -0.39 is 5.60 Å². The quantitative estimate of drug-likeness (QED) is 0.869. The molecule has 0 bridgehead atoms. The normalized spacial score (nSPS) is 28.0. The highest BCUT2D eigenvalue weighted by atomic mass is 16.6. The van der Waals surface area contributed by atoms with Gasteiger partial charge in [0.2, 0.25) is 0 Å². The Kier molecular flexibility index (Phi) is 3.94. The third-order valence-corrected chi connectivity index (χ3v) is 5.60. The summed E-state index contributed by atoms with van der Waals surface area (Å²) < 4.78 is 5.47. The minimum Gasteiger partial charge on any atom is -0.439 e. The maximum absolute atomic E-state index is 13.1. The first-order valence-corrected chi connectivity index (χ1v) is 8.96. The predicted octanol–water partition coefficient (Wildman–Crippen LogP) is 2.17. The van der Waals surface area contributed by atoms with E-state index in [0.717, 1.165) is 31.4 Å². The van der Waals surface area contributed by atoms with Crippen molar-refractivity contribution >= 4 is 12.0 Å². The van der Waals surface area contributed by atoms with Gasteiger partial charge in [-0.05, 0) is 25.7 Å². The summed E-state index contributed by atoms with van der Waals surface area (Å²) in [4.78, 5) is 26.3. The maximum atomic E-state index is 13.1. The van der Waals surface area contributed by atoms with Crippen LogP contribution in [0.4, 0.5) is 4.79 Å². The molecule has 24 heavy (non-hydrogen) atoms. The first kappa shape index (κ1) is 15.5. The Balaban J connectivity index is 1.51. The number of carbonyl (C=O) groups excluding carboxylic acids is 2. The number of hydrogen-bond donors (Lipinski definition) is 2. The highest BCUT2D eigenvalue weighted by Gasteiger charge is 2.45. The topological polar surface area (TPSA) is 87.3 Å².